The zero-order chi connectivity index (χ0) is 15.0. The van der Waals surface area contributed by atoms with Gasteiger partial charge in [-0.1, -0.05) is 11.8 Å². The van der Waals surface area contributed by atoms with E-state index in [0.717, 1.165) is 5.82 Å². The SMILES string of the molecule is CS/C(=N\CCCn1nc(N(C)C)ccc1=O)NC#N. The second kappa shape index (κ2) is 8.22. The van der Waals surface area contributed by atoms with Crippen molar-refractivity contribution in [2.24, 2.45) is 4.99 Å². The topological polar surface area (TPSA) is 86.3 Å². The Morgan fingerprint density at radius 1 is 1.60 bits per heavy atom. The molecular formula is C12H18N6OS. The van der Waals surface area contributed by atoms with Crippen LogP contribution in [-0.2, 0) is 6.54 Å². The van der Waals surface area contributed by atoms with Crippen LogP contribution in [0.4, 0.5) is 5.82 Å². The molecular weight excluding hydrogens is 276 g/mol. The average molecular weight is 294 g/mol. The number of aromatic nitrogens is 2. The minimum absolute atomic E-state index is 0.125. The van der Waals surface area contributed by atoms with Gasteiger partial charge in [0.1, 0.15) is 5.82 Å². The Labute approximate surface area is 122 Å². The van der Waals surface area contributed by atoms with Gasteiger partial charge in [0, 0.05) is 33.3 Å². The molecule has 7 nitrogen and oxygen atoms in total. The normalized spacial score (nSPS) is 11.0. The van der Waals surface area contributed by atoms with Gasteiger partial charge in [0.2, 0.25) is 0 Å². The first-order valence-corrected chi connectivity index (χ1v) is 7.30. The van der Waals surface area contributed by atoms with E-state index in [9.17, 15) is 4.79 Å². The summed E-state index contributed by atoms with van der Waals surface area (Å²) >= 11 is 1.38. The molecule has 0 bridgehead atoms. The van der Waals surface area contributed by atoms with Gasteiger partial charge in [-0.15, -0.1) is 0 Å². The fourth-order valence-corrected chi connectivity index (χ4v) is 1.81. The van der Waals surface area contributed by atoms with Crippen molar-refractivity contribution in [3.05, 3.63) is 22.5 Å². The fraction of sp³-hybridized carbons (Fsp3) is 0.500. The zero-order valence-electron chi connectivity index (χ0n) is 11.8. The number of rotatable bonds is 5. The Hall–Kier alpha value is -2.01. The summed E-state index contributed by atoms with van der Waals surface area (Å²) in [4.78, 5) is 17.7. The molecule has 0 aromatic carbocycles. The number of hydrogen-bond donors (Lipinski definition) is 1. The molecule has 0 unspecified atom stereocenters. The smallest absolute Gasteiger partial charge is 0.266 e. The van der Waals surface area contributed by atoms with Crippen LogP contribution in [-0.4, -0.2) is 41.8 Å². The standard InChI is InChI=1S/C12H18N6OS/c1-17(2)10-5-6-11(19)18(16-10)8-4-7-14-12(20-3)15-9-13/h5-6H,4,7-8H2,1-3H3,(H,14,15). The van der Waals surface area contributed by atoms with Crippen LogP contribution in [0.5, 0.6) is 0 Å². The molecule has 0 amide bonds. The molecule has 0 aliphatic carbocycles. The van der Waals surface area contributed by atoms with Crippen LogP contribution in [0.25, 0.3) is 0 Å². The number of nitriles is 1. The molecule has 8 heteroatoms. The van der Waals surface area contributed by atoms with Crippen LogP contribution >= 0.6 is 11.8 Å². The van der Waals surface area contributed by atoms with Crippen molar-refractivity contribution in [3.8, 4) is 6.19 Å². The predicted octanol–water partition coefficient (Wildman–Crippen LogP) is 0.489. The van der Waals surface area contributed by atoms with Crippen molar-refractivity contribution >= 4 is 22.7 Å². The van der Waals surface area contributed by atoms with Crippen molar-refractivity contribution in [1.29, 1.82) is 5.26 Å². The van der Waals surface area contributed by atoms with E-state index in [-0.39, 0.29) is 5.56 Å². The Bertz CT molecular complexity index is 560. The monoisotopic (exact) mass is 294 g/mol. The third-order valence-corrected chi connectivity index (χ3v) is 3.07. The number of thioether (sulfide) groups is 1. The molecule has 1 aromatic rings. The maximum atomic E-state index is 11.7. The van der Waals surface area contributed by atoms with Gasteiger partial charge in [-0.3, -0.25) is 15.1 Å². The summed E-state index contributed by atoms with van der Waals surface area (Å²) in [6.07, 6.45) is 4.36. The average Bonchev–Trinajstić information content (AvgIpc) is 2.43. The number of nitrogens with one attached hydrogen (secondary N) is 1. The second-order valence-corrected chi connectivity index (χ2v) is 4.92. The molecule has 1 N–H and O–H groups in total. The third kappa shape index (κ3) is 4.93. The quantitative estimate of drug-likeness (QED) is 0.280. The van der Waals surface area contributed by atoms with E-state index in [1.165, 1.54) is 22.5 Å². The van der Waals surface area contributed by atoms with E-state index in [0.29, 0.717) is 24.7 Å². The summed E-state index contributed by atoms with van der Waals surface area (Å²) in [7, 11) is 3.75. The number of nitrogens with zero attached hydrogens (tertiary/aromatic N) is 5. The molecule has 1 rings (SSSR count). The van der Waals surface area contributed by atoms with Crippen molar-refractivity contribution in [2.75, 3.05) is 31.8 Å². The Morgan fingerprint density at radius 2 is 2.35 bits per heavy atom. The fourth-order valence-electron chi connectivity index (χ4n) is 1.44. The highest BCUT2D eigenvalue weighted by Gasteiger charge is 2.02. The highest BCUT2D eigenvalue weighted by Crippen LogP contribution is 2.02. The van der Waals surface area contributed by atoms with Crippen LogP contribution in [0.2, 0.25) is 0 Å². The van der Waals surface area contributed by atoms with Crippen molar-refractivity contribution in [2.45, 2.75) is 13.0 Å². The minimum Gasteiger partial charge on any atom is -0.361 e. The predicted molar refractivity (Wildman–Crippen MR) is 82.0 cm³/mol. The molecule has 1 heterocycles. The van der Waals surface area contributed by atoms with E-state index in [4.69, 9.17) is 5.26 Å². The summed E-state index contributed by atoms with van der Waals surface area (Å²) in [5, 5.41) is 15.8. The number of amidine groups is 1. The number of aliphatic imine (C=N–C) groups is 1. The lowest BCUT2D eigenvalue weighted by atomic mass is 10.4. The molecule has 0 aliphatic heterocycles. The first kappa shape index (κ1) is 16.0. The minimum atomic E-state index is -0.125. The van der Waals surface area contributed by atoms with Gasteiger partial charge in [-0.25, -0.2) is 4.68 Å². The summed E-state index contributed by atoms with van der Waals surface area (Å²) in [6, 6.07) is 3.20. The molecule has 0 saturated heterocycles. The van der Waals surface area contributed by atoms with E-state index >= 15 is 0 Å². The lowest BCUT2D eigenvalue weighted by Gasteiger charge is -2.12. The maximum absolute atomic E-state index is 11.7. The molecule has 1 aromatic heterocycles. The highest BCUT2D eigenvalue weighted by molar-refractivity contribution is 8.13. The molecule has 0 saturated carbocycles. The first-order valence-electron chi connectivity index (χ1n) is 6.07. The van der Waals surface area contributed by atoms with Gasteiger partial charge < -0.3 is 4.90 Å². The number of anilines is 1. The van der Waals surface area contributed by atoms with Gasteiger partial charge >= 0.3 is 0 Å². The van der Waals surface area contributed by atoms with Gasteiger partial charge in [0.05, 0.1) is 0 Å². The Morgan fingerprint density at radius 3 is 2.95 bits per heavy atom. The van der Waals surface area contributed by atoms with Crippen molar-refractivity contribution in [3.63, 3.8) is 0 Å². The molecule has 20 heavy (non-hydrogen) atoms. The van der Waals surface area contributed by atoms with E-state index < -0.39 is 0 Å². The Balaban J connectivity index is 2.60. The molecule has 108 valence electrons. The zero-order valence-corrected chi connectivity index (χ0v) is 12.6. The highest BCUT2D eigenvalue weighted by atomic mass is 32.2. The Kier molecular flexibility index (Phi) is 6.59. The van der Waals surface area contributed by atoms with E-state index in [1.807, 2.05) is 31.4 Å². The maximum Gasteiger partial charge on any atom is 0.266 e. The summed E-state index contributed by atoms with van der Waals surface area (Å²) in [6.45, 7) is 1.03. The lowest BCUT2D eigenvalue weighted by Crippen LogP contribution is -2.25. The van der Waals surface area contributed by atoms with E-state index in [1.54, 1.807) is 6.07 Å². The number of hydrogen-bond acceptors (Lipinski definition) is 6. The first-order chi connectivity index (χ1) is 9.58. The van der Waals surface area contributed by atoms with Gasteiger partial charge in [0.25, 0.3) is 5.56 Å². The second-order valence-electron chi connectivity index (χ2n) is 4.13. The van der Waals surface area contributed by atoms with Crippen molar-refractivity contribution in [1.82, 2.24) is 15.1 Å². The molecule has 0 spiro atoms. The summed E-state index contributed by atoms with van der Waals surface area (Å²) in [5.41, 5.74) is -0.125. The summed E-state index contributed by atoms with van der Waals surface area (Å²) < 4.78 is 1.43. The third-order valence-electron chi connectivity index (χ3n) is 2.45. The van der Waals surface area contributed by atoms with Crippen LogP contribution < -0.4 is 15.8 Å². The number of aryl methyl sites for hydroxylation is 1. The molecule has 0 radical (unpaired) electrons. The molecule has 0 fully saturated rings. The molecule has 0 aliphatic rings. The van der Waals surface area contributed by atoms with E-state index in [2.05, 4.69) is 15.4 Å². The molecule has 0 atom stereocenters. The summed E-state index contributed by atoms with van der Waals surface area (Å²) in [5.74, 6) is 0.740. The lowest BCUT2D eigenvalue weighted by molar-refractivity contribution is 0.554. The van der Waals surface area contributed by atoms with Gasteiger partial charge in [-0.05, 0) is 18.7 Å². The van der Waals surface area contributed by atoms with Crippen LogP contribution in [0, 0.1) is 11.5 Å². The van der Waals surface area contributed by atoms with Crippen LogP contribution in [0.3, 0.4) is 0 Å². The van der Waals surface area contributed by atoms with Crippen molar-refractivity contribution < 1.29 is 0 Å². The van der Waals surface area contributed by atoms with Gasteiger partial charge in [0.15, 0.2) is 11.4 Å². The van der Waals surface area contributed by atoms with Crippen LogP contribution in [0.1, 0.15) is 6.42 Å². The van der Waals surface area contributed by atoms with Gasteiger partial charge in [-0.2, -0.15) is 10.4 Å². The van der Waals surface area contributed by atoms with Crippen LogP contribution in [0.15, 0.2) is 21.9 Å². The largest absolute Gasteiger partial charge is 0.361 e.